The van der Waals surface area contributed by atoms with Gasteiger partial charge >= 0.3 is 0 Å². The van der Waals surface area contributed by atoms with Gasteiger partial charge in [-0.2, -0.15) is 5.26 Å². The molecule has 0 spiro atoms. The average Bonchev–Trinajstić information content (AvgIpc) is 2.61. The van der Waals surface area contributed by atoms with E-state index in [9.17, 15) is 10.1 Å². The van der Waals surface area contributed by atoms with Gasteiger partial charge in [0.25, 0.3) is 5.91 Å². The van der Waals surface area contributed by atoms with Crippen LogP contribution in [0.3, 0.4) is 0 Å². The Morgan fingerprint density at radius 3 is 2.42 bits per heavy atom. The molecule has 0 aliphatic carbocycles. The predicted octanol–water partition coefficient (Wildman–Crippen LogP) is 4.92. The summed E-state index contributed by atoms with van der Waals surface area (Å²) in [5.74, 6) is -0.485. The zero-order chi connectivity index (χ0) is 17.4. The molecule has 2 aromatic carbocycles. The van der Waals surface area contributed by atoms with Crippen molar-refractivity contribution in [1.29, 1.82) is 5.26 Å². The van der Waals surface area contributed by atoms with Crippen molar-refractivity contribution in [3.8, 4) is 6.07 Å². The van der Waals surface area contributed by atoms with Crippen LogP contribution in [0, 0.1) is 11.3 Å². The van der Waals surface area contributed by atoms with Crippen LogP contribution in [0.25, 0.3) is 6.08 Å². The van der Waals surface area contributed by atoms with Crippen LogP contribution >= 0.6 is 11.6 Å². The molecule has 0 saturated heterocycles. The maximum Gasteiger partial charge on any atom is 0.266 e. The van der Waals surface area contributed by atoms with Gasteiger partial charge in [-0.1, -0.05) is 61.0 Å². The quantitative estimate of drug-likeness (QED) is 0.479. The number of nitriles is 1. The zero-order valence-corrected chi connectivity index (χ0v) is 14.0. The first-order valence-corrected chi connectivity index (χ1v) is 7.94. The largest absolute Gasteiger partial charge is 0.321 e. The molecule has 1 amide bonds. The second-order valence-corrected chi connectivity index (χ2v) is 5.55. The SMILES string of the molecule is CCc1ccc(NC(=O)/C(C#N)=C/C(Cl)=C/c2ccccc2)cc1. The molecule has 0 aliphatic heterocycles. The molecule has 0 bridgehead atoms. The first-order chi connectivity index (χ1) is 11.6. The Morgan fingerprint density at radius 1 is 1.17 bits per heavy atom. The van der Waals surface area contributed by atoms with E-state index in [1.807, 2.05) is 60.7 Å². The lowest BCUT2D eigenvalue weighted by molar-refractivity contribution is -0.112. The van der Waals surface area contributed by atoms with Gasteiger partial charge in [-0.3, -0.25) is 4.79 Å². The van der Waals surface area contributed by atoms with Gasteiger partial charge in [0.1, 0.15) is 11.6 Å². The number of amides is 1. The number of nitrogens with zero attached hydrogens (tertiary/aromatic N) is 1. The minimum absolute atomic E-state index is 0.0493. The molecule has 0 saturated carbocycles. The summed E-state index contributed by atoms with van der Waals surface area (Å²) in [4.78, 5) is 12.2. The topological polar surface area (TPSA) is 52.9 Å². The number of halogens is 1. The highest BCUT2D eigenvalue weighted by atomic mass is 35.5. The minimum Gasteiger partial charge on any atom is -0.321 e. The van der Waals surface area contributed by atoms with E-state index in [0.717, 1.165) is 12.0 Å². The van der Waals surface area contributed by atoms with E-state index in [1.165, 1.54) is 11.6 Å². The Labute approximate surface area is 146 Å². The summed E-state index contributed by atoms with van der Waals surface area (Å²) in [6.45, 7) is 2.06. The van der Waals surface area contributed by atoms with E-state index >= 15 is 0 Å². The summed E-state index contributed by atoms with van der Waals surface area (Å²) in [5.41, 5.74) is 2.66. The van der Waals surface area contributed by atoms with Crippen molar-refractivity contribution in [2.45, 2.75) is 13.3 Å². The third-order valence-corrected chi connectivity index (χ3v) is 3.59. The average molecular weight is 337 g/mol. The van der Waals surface area contributed by atoms with Gasteiger partial charge in [-0.05, 0) is 41.8 Å². The van der Waals surface area contributed by atoms with Gasteiger partial charge in [0.05, 0.1) is 0 Å². The van der Waals surface area contributed by atoms with Gasteiger partial charge in [-0.25, -0.2) is 0 Å². The van der Waals surface area contributed by atoms with E-state index in [4.69, 9.17) is 11.6 Å². The summed E-state index contributed by atoms with van der Waals surface area (Å²) in [5, 5.41) is 12.2. The Morgan fingerprint density at radius 2 is 1.83 bits per heavy atom. The first-order valence-electron chi connectivity index (χ1n) is 7.56. The van der Waals surface area contributed by atoms with Crippen LogP contribution in [0.4, 0.5) is 5.69 Å². The number of benzene rings is 2. The van der Waals surface area contributed by atoms with Crippen LogP contribution in [-0.4, -0.2) is 5.91 Å². The lowest BCUT2D eigenvalue weighted by Crippen LogP contribution is -2.13. The standard InChI is InChI=1S/C20H17ClN2O/c1-2-15-8-10-19(11-9-15)23-20(24)17(14-22)13-18(21)12-16-6-4-3-5-7-16/h3-13H,2H2,1H3,(H,23,24)/b17-13+,18-12-. The molecule has 0 fully saturated rings. The summed E-state index contributed by atoms with van der Waals surface area (Å²) >= 11 is 6.13. The highest BCUT2D eigenvalue weighted by Crippen LogP contribution is 2.15. The Kier molecular flexibility index (Phi) is 6.36. The second-order valence-electron chi connectivity index (χ2n) is 5.11. The maximum absolute atomic E-state index is 12.2. The molecule has 0 unspecified atom stereocenters. The normalized spacial score (nSPS) is 11.7. The highest BCUT2D eigenvalue weighted by molar-refractivity contribution is 6.33. The van der Waals surface area contributed by atoms with Crippen LogP contribution in [0.5, 0.6) is 0 Å². The van der Waals surface area contributed by atoms with Crippen molar-refractivity contribution in [2.75, 3.05) is 5.32 Å². The van der Waals surface area contributed by atoms with E-state index < -0.39 is 5.91 Å². The molecule has 1 N–H and O–H groups in total. The molecule has 0 radical (unpaired) electrons. The fourth-order valence-electron chi connectivity index (χ4n) is 2.06. The maximum atomic E-state index is 12.2. The molecule has 120 valence electrons. The van der Waals surface area contributed by atoms with Crippen LogP contribution in [0.1, 0.15) is 18.1 Å². The number of allylic oxidation sites excluding steroid dienone is 2. The van der Waals surface area contributed by atoms with E-state index in [1.54, 1.807) is 6.08 Å². The molecule has 0 aliphatic rings. The fraction of sp³-hybridized carbons (Fsp3) is 0.100. The lowest BCUT2D eigenvalue weighted by Gasteiger charge is -2.05. The second kappa shape index (κ2) is 8.71. The van der Waals surface area contributed by atoms with Crippen LogP contribution in [0.15, 0.2) is 71.3 Å². The van der Waals surface area contributed by atoms with Gasteiger partial charge in [0, 0.05) is 10.7 Å². The van der Waals surface area contributed by atoms with Crippen molar-refractivity contribution >= 4 is 29.3 Å². The summed E-state index contributed by atoms with van der Waals surface area (Å²) in [7, 11) is 0. The summed E-state index contributed by atoms with van der Waals surface area (Å²) in [6.07, 6.45) is 3.99. The molecular weight excluding hydrogens is 320 g/mol. The Bertz CT molecular complexity index is 800. The predicted molar refractivity (Wildman–Crippen MR) is 98.4 cm³/mol. The van der Waals surface area contributed by atoms with Gasteiger partial charge in [-0.15, -0.1) is 0 Å². The van der Waals surface area contributed by atoms with Crippen molar-refractivity contribution in [3.63, 3.8) is 0 Å². The fourth-order valence-corrected chi connectivity index (χ4v) is 2.29. The van der Waals surface area contributed by atoms with Gasteiger partial charge in [0.2, 0.25) is 0 Å². The summed E-state index contributed by atoms with van der Waals surface area (Å²) in [6, 6.07) is 18.8. The van der Waals surface area contributed by atoms with Crippen molar-refractivity contribution < 1.29 is 4.79 Å². The third-order valence-electron chi connectivity index (χ3n) is 3.37. The number of aryl methyl sites for hydroxylation is 1. The number of hydrogen-bond donors (Lipinski definition) is 1. The molecule has 3 nitrogen and oxygen atoms in total. The van der Waals surface area contributed by atoms with Crippen LogP contribution in [0.2, 0.25) is 0 Å². The minimum atomic E-state index is -0.485. The molecule has 2 rings (SSSR count). The number of carbonyl (C=O) groups excluding carboxylic acids is 1. The van der Waals surface area contributed by atoms with Crippen molar-refractivity contribution in [1.82, 2.24) is 0 Å². The van der Waals surface area contributed by atoms with Crippen molar-refractivity contribution in [3.05, 3.63) is 82.4 Å². The number of anilines is 1. The molecule has 2 aromatic rings. The van der Waals surface area contributed by atoms with E-state index in [0.29, 0.717) is 10.7 Å². The molecule has 24 heavy (non-hydrogen) atoms. The molecule has 0 aromatic heterocycles. The number of nitrogens with one attached hydrogen (secondary N) is 1. The zero-order valence-electron chi connectivity index (χ0n) is 13.3. The number of hydrogen-bond acceptors (Lipinski definition) is 2. The smallest absolute Gasteiger partial charge is 0.266 e. The number of carbonyl (C=O) groups is 1. The number of rotatable bonds is 5. The monoisotopic (exact) mass is 336 g/mol. The van der Waals surface area contributed by atoms with E-state index in [2.05, 4.69) is 12.2 Å². The van der Waals surface area contributed by atoms with Gasteiger partial charge < -0.3 is 5.32 Å². The lowest BCUT2D eigenvalue weighted by atomic mass is 10.1. The highest BCUT2D eigenvalue weighted by Gasteiger charge is 2.09. The van der Waals surface area contributed by atoms with Crippen LogP contribution < -0.4 is 5.32 Å². The molecule has 0 heterocycles. The van der Waals surface area contributed by atoms with Crippen molar-refractivity contribution in [2.24, 2.45) is 0 Å². The Balaban J connectivity index is 2.13. The van der Waals surface area contributed by atoms with Gasteiger partial charge in [0.15, 0.2) is 0 Å². The first kappa shape index (κ1) is 17.5. The van der Waals surface area contributed by atoms with Crippen LogP contribution in [-0.2, 0) is 11.2 Å². The molecule has 0 atom stereocenters. The molecule has 4 heteroatoms. The Hall–Kier alpha value is -2.83. The van der Waals surface area contributed by atoms with E-state index in [-0.39, 0.29) is 5.57 Å². The third kappa shape index (κ3) is 5.12. The summed E-state index contributed by atoms with van der Waals surface area (Å²) < 4.78 is 0. The molecular formula is C20H17ClN2O.